The van der Waals surface area contributed by atoms with Crippen molar-refractivity contribution < 1.29 is 14.6 Å². The Morgan fingerprint density at radius 2 is 1.88 bits per heavy atom. The van der Waals surface area contributed by atoms with Crippen LogP contribution >= 0.6 is 11.6 Å². The molecule has 7 heteroatoms. The molecule has 180 valence electrons. The van der Waals surface area contributed by atoms with Gasteiger partial charge in [-0.3, -0.25) is 9.89 Å². The van der Waals surface area contributed by atoms with Gasteiger partial charge in [0.05, 0.1) is 12.6 Å². The number of unbranched alkanes of at least 4 members (excludes halogenated alkanes) is 4. The van der Waals surface area contributed by atoms with Crippen molar-refractivity contribution in [3.05, 3.63) is 64.3 Å². The Hall–Kier alpha value is -2.99. The van der Waals surface area contributed by atoms with Crippen LogP contribution in [0.5, 0.6) is 11.5 Å². The van der Waals surface area contributed by atoms with Crippen LogP contribution in [0, 0.1) is 0 Å². The number of phenols is 1. The van der Waals surface area contributed by atoms with E-state index < -0.39 is 0 Å². The number of aromatic amines is 1. The number of hydrogen-bond acceptors (Lipinski definition) is 4. The fourth-order valence-corrected chi connectivity index (χ4v) is 4.70. The summed E-state index contributed by atoms with van der Waals surface area (Å²) in [5.41, 5.74) is 3.24. The van der Waals surface area contributed by atoms with Gasteiger partial charge in [0.15, 0.2) is 0 Å². The van der Waals surface area contributed by atoms with Crippen LogP contribution in [-0.2, 0) is 0 Å². The third-order valence-electron chi connectivity index (χ3n) is 6.27. The molecular formula is C27H32ClN3O3. The Morgan fingerprint density at radius 1 is 1.09 bits per heavy atom. The van der Waals surface area contributed by atoms with Crippen LogP contribution in [0.15, 0.2) is 42.5 Å². The lowest BCUT2D eigenvalue weighted by Gasteiger charge is -2.27. The maximum atomic E-state index is 13.4. The predicted molar refractivity (Wildman–Crippen MR) is 135 cm³/mol. The van der Waals surface area contributed by atoms with Gasteiger partial charge in [0.2, 0.25) is 0 Å². The Kier molecular flexibility index (Phi) is 7.78. The number of benzene rings is 2. The topological polar surface area (TPSA) is 78.5 Å². The van der Waals surface area contributed by atoms with Crippen LogP contribution in [0.2, 0.25) is 5.02 Å². The first-order chi connectivity index (χ1) is 16.5. The number of H-pyrrole nitrogens is 1. The van der Waals surface area contributed by atoms with Gasteiger partial charge in [-0.1, -0.05) is 63.3 Å². The zero-order valence-corrected chi connectivity index (χ0v) is 20.6. The van der Waals surface area contributed by atoms with E-state index in [2.05, 4.69) is 24.0 Å². The van der Waals surface area contributed by atoms with Crippen LogP contribution in [0.3, 0.4) is 0 Å². The standard InChI is InChI=1S/C27H32ClN3O3/c1-3-5-7-14-31-26(18-10-9-11-20(16-18)34-15-8-6-4-2)23-24(29-30-25(23)27(31)33)21-17-19(28)12-13-22(21)32/h9-13,16-17,26,32H,3-8,14-15H2,1-2H3,(H,29,30). The summed E-state index contributed by atoms with van der Waals surface area (Å²) in [6.07, 6.45) is 6.32. The number of phenolic OH excluding ortho intramolecular Hbond substituents is 1. The average molecular weight is 482 g/mol. The summed E-state index contributed by atoms with van der Waals surface area (Å²) in [5.74, 6) is 0.784. The van der Waals surface area contributed by atoms with Crippen molar-refractivity contribution >= 4 is 17.5 Å². The molecule has 0 saturated carbocycles. The third-order valence-corrected chi connectivity index (χ3v) is 6.51. The SMILES string of the molecule is CCCCCOc1cccc(C2c3c(-c4cc(Cl)ccc4O)n[nH]c3C(=O)N2CCCCC)c1. The fourth-order valence-electron chi connectivity index (χ4n) is 4.53. The van der Waals surface area contributed by atoms with E-state index in [1.165, 1.54) is 0 Å². The lowest BCUT2D eigenvalue weighted by atomic mass is 9.95. The zero-order valence-electron chi connectivity index (χ0n) is 19.8. The van der Waals surface area contributed by atoms with Crippen molar-refractivity contribution in [3.63, 3.8) is 0 Å². The minimum Gasteiger partial charge on any atom is -0.507 e. The second-order valence-corrected chi connectivity index (χ2v) is 9.20. The Morgan fingerprint density at radius 3 is 2.68 bits per heavy atom. The van der Waals surface area contributed by atoms with E-state index in [0.717, 1.165) is 55.4 Å². The number of halogens is 1. The quantitative estimate of drug-likeness (QED) is 0.297. The maximum absolute atomic E-state index is 13.4. The van der Waals surface area contributed by atoms with Crippen LogP contribution in [0.4, 0.5) is 0 Å². The van der Waals surface area contributed by atoms with E-state index in [1.807, 2.05) is 29.2 Å². The number of nitrogens with zero attached hydrogens (tertiary/aromatic N) is 2. The summed E-state index contributed by atoms with van der Waals surface area (Å²) in [6, 6.07) is 12.5. The number of ether oxygens (including phenoxy) is 1. The lowest BCUT2D eigenvalue weighted by molar-refractivity contribution is 0.0740. The zero-order chi connectivity index (χ0) is 24.1. The van der Waals surface area contributed by atoms with E-state index in [4.69, 9.17) is 16.3 Å². The molecule has 1 atom stereocenters. The molecule has 1 aliphatic rings. The van der Waals surface area contributed by atoms with Gasteiger partial charge in [-0.25, -0.2) is 0 Å². The van der Waals surface area contributed by atoms with Crippen LogP contribution < -0.4 is 4.74 Å². The first-order valence-corrected chi connectivity index (χ1v) is 12.5. The highest BCUT2D eigenvalue weighted by molar-refractivity contribution is 6.31. The van der Waals surface area contributed by atoms with Crippen molar-refractivity contribution in [1.29, 1.82) is 0 Å². The molecule has 0 fully saturated rings. The number of carbonyl (C=O) groups is 1. The fraction of sp³-hybridized carbons (Fsp3) is 0.407. The molecule has 1 aliphatic heterocycles. The number of carbonyl (C=O) groups excluding carboxylic acids is 1. The predicted octanol–water partition coefficient (Wildman–Crippen LogP) is 6.74. The number of aromatic hydroxyl groups is 1. The van der Waals surface area contributed by atoms with Crippen LogP contribution in [0.1, 0.15) is 80.0 Å². The molecule has 0 bridgehead atoms. The van der Waals surface area contributed by atoms with Crippen LogP contribution in [0.25, 0.3) is 11.3 Å². The summed E-state index contributed by atoms with van der Waals surface area (Å²) in [5, 5.41) is 18.4. The van der Waals surface area contributed by atoms with E-state index in [9.17, 15) is 9.90 Å². The Balaban J connectivity index is 1.75. The second kappa shape index (κ2) is 11.0. The van der Waals surface area contributed by atoms with Gasteiger partial charge in [0.25, 0.3) is 5.91 Å². The summed E-state index contributed by atoms with van der Waals surface area (Å²) >= 11 is 6.23. The Labute approximate surface area is 205 Å². The van der Waals surface area contributed by atoms with E-state index in [0.29, 0.717) is 35.1 Å². The molecule has 0 spiro atoms. The number of amides is 1. The molecule has 1 amide bonds. The van der Waals surface area contributed by atoms with Crippen LogP contribution in [-0.4, -0.2) is 39.3 Å². The van der Waals surface area contributed by atoms with Gasteiger partial charge in [0.1, 0.15) is 22.9 Å². The second-order valence-electron chi connectivity index (χ2n) is 8.76. The number of fused-ring (bicyclic) bond motifs is 1. The van der Waals surface area contributed by atoms with Gasteiger partial charge in [-0.05, 0) is 48.7 Å². The number of rotatable bonds is 11. The summed E-state index contributed by atoms with van der Waals surface area (Å²) < 4.78 is 6.00. The minimum absolute atomic E-state index is 0.0716. The van der Waals surface area contributed by atoms with E-state index in [1.54, 1.807) is 18.2 Å². The number of aromatic nitrogens is 2. The highest BCUT2D eigenvalue weighted by Gasteiger charge is 2.42. The molecule has 0 aliphatic carbocycles. The number of nitrogens with one attached hydrogen (secondary N) is 1. The highest BCUT2D eigenvalue weighted by Crippen LogP contribution is 2.45. The van der Waals surface area contributed by atoms with Crippen molar-refractivity contribution in [2.75, 3.05) is 13.2 Å². The van der Waals surface area contributed by atoms with Gasteiger partial charge in [-0.2, -0.15) is 5.10 Å². The molecule has 1 unspecified atom stereocenters. The normalized spacial score (nSPS) is 15.1. The maximum Gasteiger partial charge on any atom is 0.273 e. The smallest absolute Gasteiger partial charge is 0.273 e. The molecule has 4 rings (SSSR count). The lowest BCUT2D eigenvalue weighted by Crippen LogP contribution is -2.30. The molecule has 2 N–H and O–H groups in total. The summed E-state index contributed by atoms with van der Waals surface area (Å²) in [7, 11) is 0. The largest absolute Gasteiger partial charge is 0.507 e. The highest BCUT2D eigenvalue weighted by atomic mass is 35.5. The molecule has 0 radical (unpaired) electrons. The van der Waals surface area contributed by atoms with Gasteiger partial charge in [-0.15, -0.1) is 0 Å². The van der Waals surface area contributed by atoms with Gasteiger partial charge >= 0.3 is 0 Å². The van der Waals surface area contributed by atoms with Crippen molar-refractivity contribution in [2.24, 2.45) is 0 Å². The first-order valence-electron chi connectivity index (χ1n) is 12.2. The summed E-state index contributed by atoms with van der Waals surface area (Å²) in [6.45, 7) is 5.62. The molecule has 0 saturated heterocycles. The third kappa shape index (κ3) is 4.92. The summed E-state index contributed by atoms with van der Waals surface area (Å²) in [4.78, 5) is 15.3. The monoisotopic (exact) mass is 481 g/mol. The number of hydrogen-bond donors (Lipinski definition) is 2. The van der Waals surface area contributed by atoms with E-state index in [-0.39, 0.29) is 17.7 Å². The van der Waals surface area contributed by atoms with Gasteiger partial charge < -0.3 is 14.7 Å². The molecule has 6 nitrogen and oxygen atoms in total. The molecule has 2 aromatic carbocycles. The van der Waals surface area contributed by atoms with Crippen molar-refractivity contribution in [1.82, 2.24) is 15.1 Å². The minimum atomic E-state index is -0.328. The van der Waals surface area contributed by atoms with Crippen molar-refractivity contribution in [3.8, 4) is 22.8 Å². The molecule has 34 heavy (non-hydrogen) atoms. The average Bonchev–Trinajstić information content (AvgIpc) is 3.38. The molecule has 2 heterocycles. The van der Waals surface area contributed by atoms with Gasteiger partial charge in [0, 0.05) is 22.7 Å². The van der Waals surface area contributed by atoms with Crippen molar-refractivity contribution in [2.45, 2.75) is 58.4 Å². The molecule has 3 aromatic rings. The molecule has 1 aromatic heterocycles. The van der Waals surface area contributed by atoms with E-state index >= 15 is 0 Å². The first kappa shape index (κ1) is 24.1. The molecular weight excluding hydrogens is 450 g/mol. The Bertz CT molecular complexity index is 1140.